The van der Waals surface area contributed by atoms with Crippen LogP contribution in [0.1, 0.15) is 6.42 Å². The third-order valence-electron chi connectivity index (χ3n) is 5.74. The summed E-state index contributed by atoms with van der Waals surface area (Å²) in [5.41, 5.74) is 8.59. The lowest BCUT2D eigenvalue weighted by atomic mass is 9.98. The van der Waals surface area contributed by atoms with E-state index in [-0.39, 0.29) is 16.8 Å². The van der Waals surface area contributed by atoms with Gasteiger partial charge in [0, 0.05) is 30.8 Å². The second-order valence-electron chi connectivity index (χ2n) is 7.54. The summed E-state index contributed by atoms with van der Waals surface area (Å²) in [5.74, 6) is 0.236. The maximum absolute atomic E-state index is 13.6. The van der Waals surface area contributed by atoms with E-state index in [0.717, 1.165) is 35.2 Å². The van der Waals surface area contributed by atoms with Gasteiger partial charge in [-0.25, -0.2) is 13.4 Å². The van der Waals surface area contributed by atoms with Crippen molar-refractivity contribution in [3.63, 3.8) is 0 Å². The van der Waals surface area contributed by atoms with Gasteiger partial charge in [-0.1, -0.05) is 29.5 Å². The molecule has 1 aliphatic heterocycles. The number of nitrogens with two attached hydrogens (primary N) is 2. The third kappa shape index (κ3) is 3.78. The van der Waals surface area contributed by atoms with Crippen LogP contribution in [0.4, 0.5) is 5.13 Å². The number of aromatic amines is 1. The van der Waals surface area contributed by atoms with Crippen LogP contribution in [0.2, 0.25) is 0 Å². The Hall–Kier alpha value is -2.62. The van der Waals surface area contributed by atoms with E-state index in [4.69, 9.17) is 10.9 Å². The molecule has 14 heteroatoms. The number of para-hydroxylation sites is 1. The molecule has 172 valence electrons. The number of thiazole rings is 1. The Morgan fingerprint density at radius 2 is 2.09 bits per heavy atom. The molecule has 1 unspecified atom stereocenters. The van der Waals surface area contributed by atoms with Gasteiger partial charge >= 0.3 is 0 Å². The minimum absolute atomic E-state index is 0.0953. The lowest BCUT2D eigenvalue weighted by Gasteiger charge is -2.25. The Bertz CT molecular complexity index is 1410. The minimum atomic E-state index is -3.84. The van der Waals surface area contributed by atoms with Crippen LogP contribution < -0.4 is 16.2 Å². The summed E-state index contributed by atoms with van der Waals surface area (Å²) in [6.45, 7) is 1.38. The number of sulfonamides is 1. The molecule has 1 aliphatic rings. The van der Waals surface area contributed by atoms with E-state index in [0.29, 0.717) is 33.2 Å². The van der Waals surface area contributed by atoms with Crippen LogP contribution in [0.3, 0.4) is 0 Å². The van der Waals surface area contributed by atoms with Gasteiger partial charge in [0.15, 0.2) is 5.13 Å². The number of fused-ring (bicyclic) bond motifs is 1. The first kappa shape index (κ1) is 22.2. The van der Waals surface area contributed by atoms with E-state index < -0.39 is 10.0 Å². The Kier molecular flexibility index (Phi) is 5.80. The smallest absolute Gasteiger partial charge is 0.244 e. The van der Waals surface area contributed by atoms with Crippen LogP contribution in [0.25, 0.3) is 32.7 Å². The van der Waals surface area contributed by atoms with Crippen LogP contribution in [-0.4, -0.2) is 64.5 Å². The van der Waals surface area contributed by atoms with Crippen molar-refractivity contribution in [1.82, 2.24) is 35.2 Å². The maximum atomic E-state index is 13.6. The minimum Gasteiger partial charge on any atom is -0.375 e. The van der Waals surface area contributed by atoms with E-state index in [2.05, 4.69) is 30.9 Å². The molecule has 0 radical (unpaired) electrons. The number of nitrogens with one attached hydrogen (secondary N) is 2. The molecule has 11 nitrogen and oxygen atoms in total. The van der Waals surface area contributed by atoms with Gasteiger partial charge < -0.3 is 11.1 Å². The van der Waals surface area contributed by atoms with E-state index in [1.165, 1.54) is 15.6 Å². The zero-order valence-electron chi connectivity index (χ0n) is 17.5. The highest BCUT2D eigenvalue weighted by Gasteiger charge is 2.34. The summed E-state index contributed by atoms with van der Waals surface area (Å²) in [7, 11) is -2.25. The monoisotopic (exact) mass is 503 g/mol. The Morgan fingerprint density at radius 3 is 2.79 bits per heavy atom. The van der Waals surface area contributed by atoms with Gasteiger partial charge in [-0.15, -0.1) is 10.2 Å². The topological polar surface area (TPSA) is 169 Å². The van der Waals surface area contributed by atoms with Crippen LogP contribution in [0.5, 0.6) is 0 Å². The zero-order chi connectivity index (χ0) is 23.2. The third-order valence-corrected chi connectivity index (χ3v) is 9.33. The molecule has 0 spiro atoms. The number of aromatic nitrogens is 5. The summed E-state index contributed by atoms with van der Waals surface area (Å²) in [6.07, 6.45) is 0.740. The fourth-order valence-electron chi connectivity index (χ4n) is 4.08. The standard InChI is InChI=1S/C19H21N9O2S3/c1-28(10-7-8-22-9-10)33(29,30)14-6-5-11(15(17(14)32-21)18-24-26-27-25-18)12-3-2-4-13-16(12)23-19(20)31-13/h2-6,10,22H,7-9,21H2,1H3,(H2,20,23)(H,24,25,26,27). The first-order valence-corrected chi connectivity index (χ1v) is 13.2. The number of rotatable bonds is 6. The molecule has 1 fully saturated rings. The number of benzene rings is 2. The predicted molar refractivity (Wildman–Crippen MR) is 129 cm³/mol. The summed E-state index contributed by atoms with van der Waals surface area (Å²) >= 11 is 2.22. The van der Waals surface area contributed by atoms with Crippen LogP contribution >= 0.6 is 23.3 Å². The molecular formula is C19H21N9O2S3. The van der Waals surface area contributed by atoms with Crippen molar-refractivity contribution in [1.29, 1.82) is 0 Å². The second kappa shape index (κ2) is 8.62. The van der Waals surface area contributed by atoms with Gasteiger partial charge in [-0.3, -0.25) is 5.14 Å². The molecule has 6 N–H and O–H groups in total. The van der Waals surface area contributed by atoms with Crippen LogP contribution in [0, 0.1) is 0 Å². The number of tetrazole rings is 1. The van der Waals surface area contributed by atoms with Gasteiger partial charge in [-0.2, -0.15) is 9.52 Å². The van der Waals surface area contributed by atoms with Crippen molar-refractivity contribution in [2.45, 2.75) is 22.3 Å². The van der Waals surface area contributed by atoms with Crippen molar-refractivity contribution in [2.75, 3.05) is 25.9 Å². The first-order valence-electron chi connectivity index (χ1n) is 10.0. The molecular weight excluding hydrogens is 482 g/mol. The van der Waals surface area contributed by atoms with Gasteiger partial charge in [0.25, 0.3) is 0 Å². The molecule has 2 aromatic heterocycles. The Morgan fingerprint density at radius 1 is 1.24 bits per heavy atom. The molecule has 5 rings (SSSR count). The first-order chi connectivity index (χ1) is 15.9. The average molecular weight is 504 g/mol. The SMILES string of the molecule is CN(C1CCNC1)S(=O)(=O)c1ccc(-c2cccc3sc(N)nc23)c(-c2nn[nH]n2)c1SN. The van der Waals surface area contributed by atoms with E-state index in [1.54, 1.807) is 19.2 Å². The highest BCUT2D eigenvalue weighted by Crippen LogP contribution is 2.43. The lowest BCUT2D eigenvalue weighted by molar-refractivity contribution is 0.387. The Labute approximate surface area is 198 Å². The average Bonchev–Trinajstić information content (AvgIpc) is 3.58. The highest BCUT2D eigenvalue weighted by molar-refractivity contribution is 7.98. The molecule has 4 aromatic rings. The maximum Gasteiger partial charge on any atom is 0.244 e. The van der Waals surface area contributed by atoms with E-state index in [9.17, 15) is 8.42 Å². The fraction of sp³-hybridized carbons (Fsp3) is 0.263. The molecule has 33 heavy (non-hydrogen) atoms. The summed E-state index contributed by atoms with van der Waals surface area (Å²) in [6, 6.07) is 8.92. The summed E-state index contributed by atoms with van der Waals surface area (Å²) in [4.78, 5) is 4.91. The van der Waals surface area contributed by atoms with Crippen molar-refractivity contribution in [3.8, 4) is 22.5 Å². The molecule has 0 bridgehead atoms. The molecule has 0 amide bonds. The number of hydrogen-bond donors (Lipinski definition) is 4. The van der Waals surface area contributed by atoms with Gasteiger partial charge in [0.1, 0.15) is 0 Å². The van der Waals surface area contributed by atoms with Gasteiger partial charge in [-0.05, 0) is 47.8 Å². The molecule has 2 aromatic carbocycles. The largest absolute Gasteiger partial charge is 0.375 e. The van der Waals surface area contributed by atoms with Crippen LogP contribution in [-0.2, 0) is 10.0 Å². The highest BCUT2D eigenvalue weighted by atomic mass is 32.2. The Balaban J connectivity index is 1.76. The van der Waals surface area contributed by atoms with Crippen molar-refractivity contribution in [3.05, 3.63) is 30.3 Å². The number of nitrogens with zero attached hydrogens (tertiary/aromatic N) is 5. The number of nitrogen functional groups attached to an aromatic ring is 1. The van der Waals surface area contributed by atoms with E-state index in [1.807, 2.05) is 18.2 Å². The number of anilines is 1. The zero-order valence-corrected chi connectivity index (χ0v) is 20.0. The van der Waals surface area contributed by atoms with Crippen molar-refractivity contribution in [2.24, 2.45) is 5.14 Å². The van der Waals surface area contributed by atoms with Gasteiger partial charge in [0.05, 0.1) is 20.0 Å². The molecule has 1 atom stereocenters. The fourth-order valence-corrected chi connectivity index (χ4v) is 7.27. The molecule has 0 aliphatic carbocycles. The normalized spacial score (nSPS) is 16.8. The van der Waals surface area contributed by atoms with Gasteiger partial charge in [0.2, 0.25) is 15.8 Å². The molecule has 1 saturated heterocycles. The number of H-pyrrole nitrogens is 1. The quantitative estimate of drug-likeness (QED) is 0.284. The van der Waals surface area contributed by atoms with E-state index >= 15 is 0 Å². The van der Waals surface area contributed by atoms with Crippen molar-refractivity contribution < 1.29 is 8.42 Å². The molecule has 3 heterocycles. The summed E-state index contributed by atoms with van der Waals surface area (Å²) in [5, 5.41) is 24.1. The van der Waals surface area contributed by atoms with Crippen molar-refractivity contribution >= 4 is 48.7 Å². The van der Waals surface area contributed by atoms with Crippen LogP contribution in [0.15, 0.2) is 40.1 Å². The number of likely N-dealkylation sites (N-methyl/N-ethyl adjacent to an activating group) is 1. The molecule has 0 saturated carbocycles. The number of hydrogen-bond acceptors (Lipinski definition) is 11. The summed E-state index contributed by atoms with van der Waals surface area (Å²) < 4.78 is 29.6. The second-order valence-corrected chi connectivity index (χ2v) is 11.2. The predicted octanol–water partition coefficient (Wildman–Crippen LogP) is 1.67. The lowest BCUT2D eigenvalue weighted by Crippen LogP contribution is -2.38.